The molecule has 0 aromatic carbocycles. The molecule has 2 heterocycles. The van der Waals surface area contributed by atoms with Gasteiger partial charge in [0.1, 0.15) is 12.1 Å². The van der Waals surface area contributed by atoms with Crippen LogP contribution in [0.25, 0.3) is 10.2 Å². The van der Waals surface area contributed by atoms with Gasteiger partial charge in [-0.15, -0.1) is 11.3 Å². The van der Waals surface area contributed by atoms with Crippen LogP contribution in [0.15, 0.2) is 11.7 Å². The van der Waals surface area contributed by atoms with E-state index in [0.717, 1.165) is 48.6 Å². The van der Waals surface area contributed by atoms with Crippen molar-refractivity contribution < 1.29 is 4.74 Å². The zero-order chi connectivity index (χ0) is 12.8. The Hall–Kier alpha value is -1.20. The maximum atomic E-state index is 5.44. The molecule has 0 aliphatic carbocycles. The van der Waals surface area contributed by atoms with Crippen molar-refractivity contribution >= 4 is 27.4 Å². The van der Waals surface area contributed by atoms with E-state index in [4.69, 9.17) is 4.74 Å². The molecule has 0 aliphatic rings. The number of fused-ring (bicyclic) bond motifs is 1. The van der Waals surface area contributed by atoms with Crippen molar-refractivity contribution in [1.29, 1.82) is 0 Å². The smallest absolute Gasteiger partial charge is 0.147 e. The third kappa shape index (κ3) is 3.17. The van der Waals surface area contributed by atoms with Gasteiger partial charge in [-0.25, -0.2) is 9.97 Å². The molecule has 0 radical (unpaired) electrons. The van der Waals surface area contributed by atoms with E-state index in [1.165, 1.54) is 5.56 Å². The first-order valence-electron chi connectivity index (χ1n) is 6.33. The number of ether oxygens (including phenoxy) is 1. The number of aromatic nitrogens is 2. The van der Waals surface area contributed by atoms with Crippen LogP contribution in [-0.4, -0.2) is 29.7 Å². The molecule has 0 saturated carbocycles. The summed E-state index contributed by atoms with van der Waals surface area (Å²) in [5, 5.41) is 5.48. The molecule has 0 unspecified atom stereocenters. The second kappa shape index (κ2) is 6.66. The second-order valence-corrected chi connectivity index (χ2v) is 5.09. The molecule has 0 atom stereocenters. The number of anilines is 1. The summed E-state index contributed by atoms with van der Waals surface area (Å²) in [7, 11) is 0. The molecule has 0 aliphatic heterocycles. The van der Waals surface area contributed by atoms with Crippen LogP contribution in [0.4, 0.5) is 5.82 Å². The highest BCUT2D eigenvalue weighted by atomic mass is 32.1. The first-order chi connectivity index (χ1) is 8.83. The van der Waals surface area contributed by atoms with E-state index in [2.05, 4.69) is 34.5 Å². The van der Waals surface area contributed by atoms with Crippen molar-refractivity contribution in [1.82, 2.24) is 9.97 Å². The van der Waals surface area contributed by atoms with Crippen LogP contribution in [0.2, 0.25) is 0 Å². The molecule has 2 rings (SSSR count). The Kier molecular flexibility index (Phi) is 4.90. The van der Waals surface area contributed by atoms with E-state index in [1.807, 2.05) is 0 Å². The number of aryl methyl sites for hydroxylation is 1. The van der Waals surface area contributed by atoms with Gasteiger partial charge in [-0.05, 0) is 30.7 Å². The molecular weight excluding hydrogens is 246 g/mol. The van der Waals surface area contributed by atoms with Gasteiger partial charge >= 0.3 is 0 Å². The SMILES string of the molecule is CCCOCCCNc1ncnc2c(C)csc12. The van der Waals surface area contributed by atoms with Crippen molar-refractivity contribution in [3.8, 4) is 0 Å². The van der Waals surface area contributed by atoms with Gasteiger partial charge in [-0.1, -0.05) is 6.92 Å². The summed E-state index contributed by atoms with van der Waals surface area (Å²) in [5.74, 6) is 0.939. The molecule has 0 saturated heterocycles. The lowest BCUT2D eigenvalue weighted by molar-refractivity contribution is 0.134. The fraction of sp³-hybridized carbons (Fsp3) is 0.538. The van der Waals surface area contributed by atoms with Gasteiger partial charge in [-0.3, -0.25) is 0 Å². The summed E-state index contributed by atoms with van der Waals surface area (Å²) in [4.78, 5) is 8.61. The Balaban J connectivity index is 1.88. The zero-order valence-electron chi connectivity index (χ0n) is 10.9. The maximum Gasteiger partial charge on any atom is 0.147 e. The summed E-state index contributed by atoms with van der Waals surface area (Å²) < 4.78 is 6.59. The fourth-order valence-electron chi connectivity index (χ4n) is 1.72. The Labute approximate surface area is 111 Å². The minimum Gasteiger partial charge on any atom is -0.381 e. The average molecular weight is 265 g/mol. The van der Waals surface area contributed by atoms with Gasteiger partial charge < -0.3 is 10.1 Å². The van der Waals surface area contributed by atoms with Crippen molar-refractivity contribution in [2.45, 2.75) is 26.7 Å². The molecule has 0 amide bonds. The van der Waals surface area contributed by atoms with Gasteiger partial charge in [0.25, 0.3) is 0 Å². The molecule has 0 bridgehead atoms. The monoisotopic (exact) mass is 265 g/mol. The van der Waals surface area contributed by atoms with Crippen molar-refractivity contribution in [3.05, 3.63) is 17.3 Å². The molecule has 4 nitrogen and oxygen atoms in total. The molecule has 2 aromatic heterocycles. The predicted octanol–water partition coefficient (Wildman–Crippen LogP) is 3.23. The Morgan fingerprint density at radius 1 is 1.33 bits per heavy atom. The average Bonchev–Trinajstić information content (AvgIpc) is 2.77. The van der Waals surface area contributed by atoms with Gasteiger partial charge in [0.05, 0.1) is 10.2 Å². The van der Waals surface area contributed by atoms with Gasteiger partial charge in [0, 0.05) is 19.8 Å². The van der Waals surface area contributed by atoms with E-state index in [0.29, 0.717) is 0 Å². The highest BCUT2D eigenvalue weighted by Crippen LogP contribution is 2.28. The third-order valence-corrected chi connectivity index (χ3v) is 3.73. The van der Waals surface area contributed by atoms with E-state index in [1.54, 1.807) is 17.7 Å². The number of hydrogen-bond acceptors (Lipinski definition) is 5. The number of rotatable bonds is 7. The zero-order valence-corrected chi connectivity index (χ0v) is 11.7. The quantitative estimate of drug-likeness (QED) is 0.781. The van der Waals surface area contributed by atoms with Crippen molar-refractivity contribution in [2.24, 2.45) is 0 Å². The molecule has 2 aromatic rings. The lowest BCUT2D eigenvalue weighted by Crippen LogP contribution is -2.07. The maximum absolute atomic E-state index is 5.44. The third-order valence-electron chi connectivity index (χ3n) is 2.64. The topological polar surface area (TPSA) is 47.0 Å². The first kappa shape index (κ1) is 13.2. The first-order valence-corrected chi connectivity index (χ1v) is 7.21. The Bertz CT molecular complexity index is 498. The molecule has 0 spiro atoms. The van der Waals surface area contributed by atoms with E-state index in [9.17, 15) is 0 Å². The minimum atomic E-state index is 0.804. The van der Waals surface area contributed by atoms with Crippen LogP contribution < -0.4 is 5.32 Å². The van der Waals surface area contributed by atoms with Crippen molar-refractivity contribution in [2.75, 3.05) is 25.1 Å². The van der Waals surface area contributed by atoms with E-state index < -0.39 is 0 Å². The van der Waals surface area contributed by atoms with Crippen LogP contribution in [0, 0.1) is 6.92 Å². The number of thiophene rings is 1. The number of nitrogens with zero attached hydrogens (tertiary/aromatic N) is 2. The van der Waals surface area contributed by atoms with E-state index in [-0.39, 0.29) is 0 Å². The van der Waals surface area contributed by atoms with Gasteiger partial charge in [0.2, 0.25) is 0 Å². The van der Waals surface area contributed by atoms with Gasteiger partial charge in [-0.2, -0.15) is 0 Å². The standard InChI is InChI=1S/C13H19N3OS/c1-3-6-17-7-4-5-14-13-12-11(15-9-16-13)10(2)8-18-12/h8-9H,3-7H2,1-2H3,(H,14,15,16). The van der Waals surface area contributed by atoms with Crippen LogP contribution in [0.1, 0.15) is 25.3 Å². The molecule has 1 N–H and O–H groups in total. The number of hydrogen-bond donors (Lipinski definition) is 1. The largest absolute Gasteiger partial charge is 0.381 e. The van der Waals surface area contributed by atoms with Crippen molar-refractivity contribution in [3.63, 3.8) is 0 Å². The second-order valence-electron chi connectivity index (χ2n) is 4.21. The fourth-order valence-corrected chi connectivity index (χ4v) is 2.69. The van der Waals surface area contributed by atoms with Crippen LogP contribution >= 0.6 is 11.3 Å². The molecule has 18 heavy (non-hydrogen) atoms. The van der Waals surface area contributed by atoms with Crippen LogP contribution in [-0.2, 0) is 4.74 Å². The highest BCUT2D eigenvalue weighted by Gasteiger charge is 2.06. The summed E-state index contributed by atoms with van der Waals surface area (Å²) in [6.45, 7) is 6.73. The highest BCUT2D eigenvalue weighted by molar-refractivity contribution is 7.18. The molecular formula is C13H19N3OS. The normalized spacial score (nSPS) is 11.0. The molecule has 0 fully saturated rings. The Morgan fingerprint density at radius 3 is 3.06 bits per heavy atom. The number of nitrogens with one attached hydrogen (secondary N) is 1. The molecule has 5 heteroatoms. The minimum absolute atomic E-state index is 0.804. The van der Waals surface area contributed by atoms with Gasteiger partial charge in [0.15, 0.2) is 0 Å². The molecule has 98 valence electrons. The summed E-state index contributed by atoms with van der Waals surface area (Å²) in [5.41, 5.74) is 2.27. The Morgan fingerprint density at radius 2 is 2.22 bits per heavy atom. The summed E-state index contributed by atoms with van der Waals surface area (Å²) in [6, 6.07) is 0. The van der Waals surface area contributed by atoms with E-state index >= 15 is 0 Å². The van der Waals surface area contributed by atoms with Crippen LogP contribution in [0.5, 0.6) is 0 Å². The predicted molar refractivity (Wildman–Crippen MR) is 76.4 cm³/mol. The summed E-state index contributed by atoms with van der Waals surface area (Å²) in [6.07, 6.45) is 3.70. The van der Waals surface area contributed by atoms with Crippen LogP contribution in [0.3, 0.4) is 0 Å². The summed E-state index contributed by atoms with van der Waals surface area (Å²) >= 11 is 1.69. The lowest BCUT2D eigenvalue weighted by Gasteiger charge is -2.06. The lowest BCUT2D eigenvalue weighted by atomic mass is 10.3.